The van der Waals surface area contributed by atoms with E-state index in [0.29, 0.717) is 12.4 Å². The van der Waals surface area contributed by atoms with Crippen LogP contribution in [-0.4, -0.2) is 26.1 Å². The van der Waals surface area contributed by atoms with E-state index in [-0.39, 0.29) is 5.69 Å². The highest BCUT2D eigenvalue weighted by Crippen LogP contribution is 2.07. The summed E-state index contributed by atoms with van der Waals surface area (Å²) in [6, 6.07) is 1.90. The van der Waals surface area contributed by atoms with Crippen molar-refractivity contribution in [1.82, 2.24) is 19.5 Å². The summed E-state index contributed by atoms with van der Waals surface area (Å²) in [5, 5.41) is 3.23. The van der Waals surface area contributed by atoms with Crippen molar-refractivity contribution in [1.29, 1.82) is 0 Å². The van der Waals surface area contributed by atoms with Crippen molar-refractivity contribution in [2.24, 2.45) is 0 Å². The third kappa shape index (κ3) is 3.63. The molecule has 2 aromatic heterocycles. The normalized spacial score (nSPS) is 10.6. The second kappa shape index (κ2) is 6.27. The summed E-state index contributed by atoms with van der Waals surface area (Å²) in [6.45, 7) is 7.10. The molecule has 6 heteroatoms. The van der Waals surface area contributed by atoms with Gasteiger partial charge in [-0.05, 0) is 25.8 Å². The summed E-state index contributed by atoms with van der Waals surface area (Å²) in [7, 11) is 0. The monoisotopic (exact) mass is 273 g/mol. The van der Waals surface area contributed by atoms with E-state index in [4.69, 9.17) is 0 Å². The van der Waals surface area contributed by atoms with Crippen LogP contribution in [-0.2, 0) is 6.54 Å². The lowest BCUT2D eigenvalue weighted by molar-refractivity contribution is 0.683. The minimum atomic E-state index is -0.288. The number of rotatable bonds is 5. The van der Waals surface area contributed by atoms with Crippen LogP contribution in [0.25, 0.3) is 0 Å². The van der Waals surface area contributed by atoms with Gasteiger partial charge in [0.05, 0.1) is 6.54 Å². The minimum absolute atomic E-state index is 0.288. The van der Waals surface area contributed by atoms with Crippen molar-refractivity contribution < 1.29 is 0 Å². The van der Waals surface area contributed by atoms with E-state index >= 15 is 0 Å². The molecule has 0 aromatic carbocycles. The van der Waals surface area contributed by atoms with Crippen molar-refractivity contribution in [3.05, 3.63) is 46.0 Å². The lowest BCUT2D eigenvalue weighted by Crippen LogP contribution is -2.24. The molecule has 0 radical (unpaired) electrons. The van der Waals surface area contributed by atoms with Gasteiger partial charge in [-0.2, -0.15) is 0 Å². The zero-order valence-corrected chi connectivity index (χ0v) is 12.1. The van der Waals surface area contributed by atoms with Gasteiger partial charge in [-0.15, -0.1) is 0 Å². The Bertz CT molecular complexity index is 650. The van der Waals surface area contributed by atoms with Crippen LogP contribution >= 0.6 is 0 Å². The smallest absolute Gasteiger partial charge is 0.347 e. The molecule has 0 atom stereocenters. The first-order chi connectivity index (χ1) is 9.58. The lowest BCUT2D eigenvalue weighted by Gasteiger charge is -2.09. The van der Waals surface area contributed by atoms with E-state index in [1.165, 1.54) is 4.57 Å². The third-order valence-electron chi connectivity index (χ3n) is 2.75. The zero-order chi connectivity index (χ0) is 14.5. The molecule has 0 unspecified atom stereocenters. The molecular weight excluding hydrogens is 254 g/mol. The molecule has 6 nitrogen and oxygen atoms in total. The van der Waals surface area contributed by atoms with Gasteiger partial charge in [0.15, 0.2) is 5.82 Å². The Balaban J connectivity index is 2.26. The lowest BCUT2D eigenvalue weighted by atomic mass is 10.3. The Morgan fingerprint density at radius 3 is 2.85 bits per heavy atom. The first-order valence-electron chi connectivity index (χ1n) is 6.70. The fraction of sp³-hybridized carbons (Fsp3) is 0.429. The second-order valence-electron chi connectivity index (χ2n) is 4.78. The number of hydrogen-bond acceptors (Lipinski definition) is 5. The summed E-state index contributed by atoms with van der Waals surface area (Å²) in [4.78, 5) is 24.3. The summed E-state index contributed by atoms with van der Waals surface area (Å²) < 4.78 is 1.52. The molecule has 20 heavy (non-hydrogen) atoms. The minimum Gasteiger partial charge on any atom is -0.370 e. The maximum atomic E-state index is 11.7. The highest BCUT2D eigenvalue weighted by Gasteiger charge is 2.05. The van der Waals surface area contributed by atoms with Crippen LogP contribution in [0.1, 0.15) is 30.4 Å². The quantitative estimate of drug-likeness (QED) is 0.894. The molecule has 0 saturated heterocycles. The summed E-state index contributed by atoms with van der Waals surface area (Å²) >= 11 is 0. The first kappa shape index (κ1) is 14.2. The largest absolute Gasteiger partial charge is 0.370 e. The van der Waals surface area contributed by atoms with Crippen molar-refractivity contribution in [2.45, 2.75) is 33.7 Å². The van der Waals surface area contributed by atoms with Gasteiger partial charge in [0.2, 0.25) is 0 Å². The molecule has 106 valence electrons. The van der Waals surface area contributed by atoms with Gasteiger partial charge in [-0.25, -0.2) is 19.7 Å². The van der Waals surface area contributed by atoms with Crippen molar-refractivity contribution in [2.75, 3.05) is 11.9 Å². The Morgan fingerprint density at radius 1 is 1.30 bits per heavy atom. The summed E-state index contributed by atoms with van der Waals surface area (Å²) in [6.07, 6.45) is 4.35. The van der Waals surface area contributed by atoms with Crippen LogP contribution in [0.4, 0.5) is 5.82 Å². The molecular formula is C14H19N5O. The average Bonchev–Trinajstić information content (AvgIpc) is 2.40. The fourth-order valence-corrected chi connectivity index (χ4v) is 1.88. The molecule has 0 aliphatic rings. The van der Waals surface area contributed by atoms with Gasteiger partial charge in [0, 0.05) is 30.7 Å². The van der Waals surface area contributed by atoms with Crippen LogP contribution in [0, 0.1) is 13.8 Å². The number of nitrogens with one attached hydrogen (secondary N) is 1. The third-order valence-corrected chi connectivity index (χ3v) is 2.75. The molecule has 2 aromatic rings. The van der Waals surface area contributed by atoms with E-state index in [9.17, 15) is 4.79 Å². The van der Waals surface area contributed by atoms with Gasteiger partial charge < -0.3 is 5.32 Å². The Morgan fingerprint density at radius 2 is 2.10 bits per heavy atom. The predicted octanol–water partition coefficient (Wildman–Crippen LogP) is 1.52. The van der Waals surface area contributed by atoms with Gasteiger partial charge in [-0.1, -0.05) is 6.92 Å². The SMILES string of the molecule is CCCNc1cc(C)nc(Cn2cc(C)cnc2=O)n1. The maximum absolute atomic E-state index is 11.7. The number of aryl methyl sites for hydroxylation is 2. The molecule has 2 rings (SSSR count). The number of hydrogen-bond donors (Lipinski definition) is 1. The molecule has 0 spiro atoms. The van der Waals surface area contributed by atoms with Gasteiger partial charge in [0.25, 0.3) is 0 Å². The molecule has 0 saturated carbocycles. The number of nitrogens with zero attached hydrogens (tertiary/aromatic N) is 4. The second-order valence-corrected chi connectivity index (χ2v) is 4.78. The van der Waals surface area contributed by atoms with E-state index < -0.39 is 0 Å². The Labute approximate surface area is 117 Å². The van der Waals surface area contributed by atoms with E-state index in [1.807, 2.05) is 19.9 Å². The molecule has 1 N–H and O–H groups in total. The van der Waals surface area contributed by atoms with E-state index in [1.54, 1.807) is 12.4 Å². The van der Waals surface area contributed by atoms with Crippen molar-refractivity contribution in [3.8, 4) is 0 Å². The number of anilines is 1. The molecule has 0 aliphatic heterocycles. The van der Waals surface area contributed by atoms with Gasteiger partial charge in [-0.3, -0.25) is 4.57 Å². The van der Waals surface area contributed by atoms with Gasteiger partial charge >= 0.3 is 5.69 Å². The first-order valence-corrected chi connectivity index (χ1v) is 6.70. The zero-order valence-electron chi connectivity index (χ0n) is 12.1. The van der Waals surface area contributed by atoms with Crippen molar-refractivity contribution >= 4 is 5.82 Å². The highest BCUT2D eigenvalue weighted by atomic mass is 16.1. The van der Waals surface area contributed by atoms with Gasteiger partial charge in [0.1, 0.15) is 5.82 Å². The standard InChI is InChI=1S/C14H19N5O/c1-4-5-15-12-6-11(3)17-13(18-12)9-19-8-10(2)7-16-14(19)20/h6-8H,4-5,9H2,1-3H3,(H,15,17,18). The molecule has 0 amide bonds. The Hall–Kier alpha value is -2.24. The summed E-state index contributed by atoms with van der Waals surface area (Å²) in [5.41, 5.74) is 1.52. The van der Waals surface area contributed by atoms with E-state index in [2.05, 4.69) is 27.2 Å². The fourth-order valence-electron chi connectivity index (χ4n) is 1.88. The maximum Gasteiger partial charge on any atom is 0.347 e. The van der Waals surface area contributed by atoms with Crippen LogP contribution < -0.4 is 11.0 Å². The molecule has 0 bridgehead atoms. The molecule has 2 heterocycles. The average molecular weight is 273 g/mol. The summed E-state index contributed by atoms with van der Waals surface area (Å²) in [5.74, 6) is 1.40. The van der Waals surface area contributed by atoms with Crippen LogP contribution in [0.15, 0.2) is 23.3 Å². The van der Waals surface area contributed by atoms with Crippen molar-refractivity contribution in [3.63, 3.8) is 0 Å². The predicted molar refractivity (Wildman–Crippen MR) is 77.9 cm³/mol. The Kier molecular flexibility index (Phi) is 4.45. The topological polar surface area (TPSA) is 72.7 Å². The molecule has 0 aliphatic carbocycles. The highest BCUT2D eigenvalue weighted by molar-refractivity contribution is 5.35. The van der Waals surface area contributed by atoms with Crippen LogP contribution in [0.2, 0.25) is 0 Å². The van der Waals surface area contributed by atoms with Crippen LogP contribution in [0.5, 0.6) is 0 Å². The van der Waals surface area contributed by atoms with E-state index in [0.717, 1.165) is 30.0 Å². The van der Waals surface area contributed by atoms with Crippen LogP contribution in [0.3, 0.4) is 0 Å². The molecule has 0 fully saturated rings. The number of aromatic nitrogens is 4.